The smallest absolute Gasteiger partial charge is 0.317 e. The van der Waals surface area contributed by atoms with Crippen molar-refractivity contribution in [1.29, 1.82) is 0 Å². The Morgan fingerprint density at radius 3 is 2.71 bits per heavy atom. The number of piperidine rings is 1. The quantitative estimate of drug-likeness (QED) is 0.796. The van der Waals surface area contributed by atoms with Crippen LogP contribution in [0.15, 0.2) is 36.5 Å². The Kier molecular flexibility index (Phi) is 7.37. The Hall–Kier alpha value is -2.47. The molecule has 1 aliphatic rings. The Morgan fingerprint density at radius 2 is 2.00 bits per heavy atom. The molecule has 2 amide bonds. The zero-order chi connectivity index (χ0) is 19.8. The minimum absolute atomic E-state index is 0.0304. The van der Waals surface area contributed by atoms with Crippen LogP contribution in [-0.2, 0) is 17.8 Å². The van der Waals surface area contributed by atoms with Crippen molar-refractivity contribution < 1.29 is 9.53 Å². The number of carbonyl (C=O) groups is 1. The van der Waals surface area contributed by atoms with E-state index in [1.165, 1.54) is 5.56 Å². The van der Waals surface area contributed by atoms with E-state index in [2.05, 4.69) is 22.4 Å². The zero-order valence-corrected chi connectivity index (χ0v) is 16.9. The lowest BCUT2D eigenvalue weighted by molar-refractivity contribution is 0.131. The molecule has 1 N–H and O–H groups in total. The van der Waals surface area contributed by atoms with E-state index in [9.17, 15) is 4.79 Å². The maximum Gasteiger partial charge on any atom is 0.317 e. The Balaban J connectivity index is 1.50. The lowest BCUT2D eigenvalue weighted by Gasteiger charge is -2.32. The number of urea groups is 1. The summed E-state index contributed by atoms with van der Waals surface area (Å²) in [4.78, 5) is 23.4. The van der Waals surface area contributed by atoms with Crippen LogP contribution in [0.5, 0.6) is 0 Å². The number of rotatable bonds is 7. The van der Waals surface area contributed by atoms with Gasteiger partial charge in [0.05, 0.1) is 12.3 Å². The molecular weight excluding hydrogens is 352 g/mol. The number of aryl methyl sites for hydroxylation is 1. The van der Waals surface area contributed by atoms with Crippen molar-refractivity contribution in [1.82, 2.24) is 20.2 Å². The number of carbonyl (C=O) groups excluding carboxylic acids is 1. The van der Waals surface area contributed by atoms with Crippen LogP contribution in [0.4, 0.5) is 4.79 Å². The summed E-state index contributed by atoms with van der Waals surface area (Å²) in [5, 5.41) is 3.05. The van der Waals surface area contributed by atoms with Crippen LogP contribution in [0.25, 0.3) is 0 Å². The molecule has 150 valence electrons. The van der Waals surface area contributed by atoms with Crippen molar-refractivity contribution in [2.24, 2.45) is 0 Å². The summed E-state index contributed by atoms with van der Waals surface area (Å²) >= 11 is 0. The van der Waals surface area contributed by atoms with Gasteiger partial charge in [-0.25, -0.2) is 14.8 Å². The van der Waals surface area contributed by atoms with Gasteiger partial charge in [0, 0.05) is 43.9 Å². The Labute approximate surface area is 167 Å². The molecule has 0 saturated carbocycles. The Bertz CT molecular complexity index is 758. The number of hydrogen-bond acceptors (Lipinski definition) is 4. The molecule has 28 heavy (non-hydrogen) atoms. The summed E-state index contributed by atoms with van der Waals surface area (Å²) in [6.07, 6.45) is 4.57. The lowest BCUT2D eigenvalue weighted by Crippen LogP contribution is -2.44. The van der Waals surface area contributed by atoms with E-state index in [1.807, 2.05) is 43.1 Å². The first-order chi connectivity index (χ1) is 13.7. The third kappa shape index (κ3) is 5.52. The van der Waals surface area contributed by atoms with Crippen LogP contribution >= 0.6 is 0 Å². The fraction of sp³-hybridized carbons (Fsp3) is 0.500. The molecular formula is C22H30N4O2. The van der Waals surface area contributed by atoms with Gasteiger partial charge in [-0.15, -0.1) is 0 Å². The number of amides is 2. The van der Waals surface area contributed by atoms with Crippen molar-refractivity contribution >= 4 is 6.03 Å². The normalized spacial score (nSPS) is 14.9. The van der Waals surface area contributed by atoms with Gasteiger partial charge in [0.2, 0.25) is 0 Å². The van der Waals surface area contributed by atoms with Crippen molar-refractivity contribution in [3.05, 3.63) is 59.2 Å². The number of hydrogen-bond donors (Lipinski definition) is 1. The molecule has 0 atom stereocenters. The van der Waals surface area contributed by atoms with E-state index < -0.39 is 0 Å². The highest BCUT2D eigenvalue weighted by Crippen LogP contribution is 2.29. The Morgan fingerprint density at radius 1 is 1.25 bits per heavy atom. The highest BCUT2D eigenvalue weighted by Gasteiger charge is 2.26. The standard InChI is InChI=1S/C22H30N4O2/c1-3-28-16-20-15-24-17(2)25-21(20)19-10-13-26(14-11-19)22(27)23-12-9-18-7-5-4-6-8-18/h4-8,15,19H,3,9-14,16H2,1-2H3,(H,23,27). The second kappa shape index (κ2) is 10.2. The number of nitrogens with one attached hydrogen (secondary N) is 1. The summed E-state index contributed by atoms with van der Waals surface area (Å²) in [6, 6.07) is 10.3. The molecule has 0 spiro atoms. The van der Waals surface area contributed by atoms with Crippen molar-refractivity contribution in [2.45, 2.75) is 45.6 Å². The highest BCUT2D eigenvalue weighted by atomic mass is 16.5. The molecule has 1 saturated heterocycles. The van der Waals surface area contributed by atoms with E-state index in [0.717, 1.165) is 49.4 Å². The second-order valence-corrected chi connectivity index (χ2v) is 7.19. The van der Waals surface area contributed by atoms with Gasteiger partial charge < -0.3 is 15.0 Å². The fourth-order valence-corrected chi connectivity index (χ4v) is 3.62. The predicted molar refractivity (Wildman–Crippen MR) is 109 cm³/mol. The first-order valence-corrected chi connectivity index (χ1v) is 10.1. The largest absolute Gasteiger partial charge is 0.377 e. The number of ether oxygens (including phenoxy) is 1. The van der Waals surface area contributed by atoms with E-state index in [-0.39, 0.29) is 6.03 Å². The molecule has 0 bridgehead atoms. The lowest BCUT2D eigenvalue weighted by atomic mass is 9.91. The molecule has 1 fully saturated rings. The summed E-state index contributed by atoms with van der Waals surface area (Å²) in [7, 11) is 0. The summed E-state index contributed by atoms with van der Waals surface area (Å²) in [5.74, 6) is 1.14. The molecule has 0 aliphatic carbocycles. The molecule has 6 heteroatoms. The van der Waals surface area contributed by atoms with Crippen LogP contribution in [0.3, 0.4) is 0 Å². The average Bonchev–Trinajstić information content (AvgIpc) is 2.73. The molecule has 3 rings (SSSR count). The van der Waals surface area contributed by atoms with Gasteiger partial charge in [-0.05, 0) is 38.7 Å². The molecule has 2 aromatic rings. The first kappa shape index (κ1) is 20.3. The summed E-state index contributed by atoms with van der Waals surface area (Å²) in [6.45, 7) is 7.29. The van der Waals surface area contributed by atoms with Gasteiger partial charge in [-0.3, -0.25) is 0 Å². The highest BCUT2D eigenvalue weighted by molar-refractivity contribution is 5.74. The molecule has 0 unspecified atom stereocenters. The molecule has 2 heterocycles. The van der Waals surface area contributed by atoms with E-state index >= 15 is 0 Å². The monoisotopic (exact) mass is 382 g/mol. The van der Waals surface area contributed by atoms with Crippen LogP contribution in [0, 0.1) is 6.92 Å². The first-order valence-electron chi connectivity index (χ1n) is 10.1. The minimum Gasteiger partial charge on any atom is -0.377 e. The van der Waals surface area contributed by atoms with Gasteiger partial charge in [0.25, 0.3) is 0 Å². The van der Waals surface area contributed by atoms with Gasteiger partial charge in [0.15, 0.2) is 0 Å². The van der Waals surface area contributed by atoms with Crippen LogP contribution in [-0.4, -0.2) is 47.1 Å². The molecule has 1 aromatic heterocycles. The van der Waals surface area contributed by atoms with Crippen LogP contribution in [0.1, 0.15) is 48.3 Å². The SMILES string of the molecule is CCOCc1cnc(C)nc1C1CCN(C(=O)NCCc2ccccc2)CC1. The maximum atomic E-state index is 12.5. The van der Waals surface area contributed by atoms with Crippen molar-refractivity contribution in [3.8, 4) is 0 Å². The van der Waals surface area contributed by atoms with E-state index in [0.29, 0.717) is 25.7 Å². The van der Waals surface area contributed by atoms with Gasteiger partial charge in [-0.1, -0.05) is 30.3 Å². The topological polar surface area (TPSA) is 67.4 Å². The summed E-state index contributed by atoms with van der Waals surface area (Å²) in [5.41, 5.74) is 3.39. The third-order valence-corrected chi connectivity index (χ3v) is 5.18. The zero-order valence-electron chi connectivity index (χ0n) is 16.9. The average molecular weight is 383 g/mol. The summed E-state index contributed by atoms with van der Waals surface area (Å²) < 4.78 is 5.58. The van der Waals surface area contributed by atoms with E-state index in [4.69, 9.17) is 9.72 Å². The fourth-order valence-electron chi connectivity index (χ4n) is 3.62. The number of nitrogens with zero attached hydrogens (tertiary/aromatic N) is 3. The molecule has 0 radical (unpaired) electrons. The van der Waals surface area contributed by atoms with Gasteiger partial charge in [-0.2, -0.15) is 0 Å². The van der Waals surface area contributed by atoms with E-state index in [1.54, 1.807) is 0 Å². The number of aromatic nitrogens is 2. The van der Waals surface area contributed by atoms with Crippen LogP contribution in [0.2, 0.25) is 0 Å². The maximum absolute atomic E-state index is 12.5. The van der Waals surface area contributed by atoms with Gasteiger partial charge >= 0.3 is 6.03 Å². The second-order valence-electron chi connectivity index (χ2n) is 7.19. The van der Waals surface area contributed by atoms with Crippen molar-refractivity contribution in [2.75, 3.05) is 26.2 Å². The predicted octanol–water partition coefficient (Wildman–Crippen LogP) is 3.45. The van der Waals surface area contributed by atoms with Crippen LogP contribution < -0.4 is 5.32 Å². The number of benzene rings is 1. The molecule has 1 aromatic carbocycles. The number of likely N-dealkylation sites (tertiary alicyclic amines) is 1. The minimum atomic E-state index is 0.0304. The third-order valence-electron chi connectivity index (χ3n) is 5.18. The van der Waals surface area contributed by atoms with Gasteiger partial charge in [0.1, 0.15) is 5.82 Å². The van der Waals surface area contributed by atoms with Crippen molar-refractivity contribution in [3.63, 3.8) is 0 Å². The molecule has 1 aliphatic heterocycles. The molecule has 6 nitrogen and oxygen atoms in total.